The molecule has 3 aliphatic rings. The maximum Gasteiger partial charge on any atom is 0.451 e. The molecule has 0 aromatic carbocycles. The van der Waals surface area contributed by atoms with E-state index in [4.69, 9.17) is 10.0 Å². The minimum atomic E-state index is -1.18. The first-order valence-corrected chi connectivity index (χ1v) is 7.38. The van der Waals surface area contributed by atoms with E-state index in [2.05, 4.69) is 18.6 Å². The van der Waals surface area contributed by atoms with Crippen molar-refractivity contribution in [2.45, 2.75) is 64.0 Å². The zero-order valence-electron chi connectivity index (χ0n) is 13.1. The summed E-state index contributed by atoms with van der Waals surface area (Å²) in [6, 6.07) is 0. The summed E-state index contributed by atoms with van der Waals surface area (Å²) in [5, 5.41) is 36.8. The van der Waals surface area contributed by atoms with Gasteiger partial charge in [0.25, 0.3) is 0 Å². The van der Waals surface area contributed by atoms with Gasteiger partial charge in [-0.3, -0.25) is 0 Å². The van der Waals surface area contributed by atoms with Crippen molar-refractivity contribution >= 4 is 7.12 Å². The molecule has 3 atom stereocenters. The van der Waals surface area contributed by atoms with Crippen molar-refractivity contribution in [3.05, 3.63) is 0 Å². The minimum Gasteiger partial charge on any atom is -0.427 e. The molecule has 4 N–H and O–H groups in total. The molecule has 6 heteroatoms. The SMILES string of the molecule is CC1(O)CCC2CC1(O)C2(C)C.COCCCB(O)O. The van der Waals surface area contributed by atoms with Crippen molar-refractivity contribution in [2.75, 3.05) is 13.7 Å². The van der Waals surface area contributed by atoms with Crippen LogP contribution in [0.1, 0.15) is 46.5 Å². The minimum absolute atomic E-state index is 0.0885. The lowest BCUT2D eigenvalue weighted by molar-refractivity contribution is -0.312. The predicted octanol–water partition coefficient (Wildman–Crippen LogP) is 0.804. The van der Waals surface area contributed by atoms with E-state index in [1.165, 1.54) is 0 Å². The Balaban J connectivity index is 0.000000221. The molecule has 2 bridgehead atoms. The van der Waals surface area contributed by atoms with E-state index in [0.29, 0.717) is 25.3 Å². The molecule has 0 aromatic heterocycles. The molecule has 0 aromatic rings. The first-order valence-electron chi connectivity index (χ1n) is 7.38. The second kappa shape index (κ2) is 6.32. The Bertz CT molecular complexity index is 309. The third-order valence-electron chi connectivity index (χ3n) is 5.31. The van der Waals surface area contributed by atoms with Gasteiger partial charge in [-0.1, -0.05) is 13.8 Å². The van der Waals surface area contributed by atoms with Gasteiger partial charge in [-0.2, -0.15) is 0 Å². The van der Waals surface area contributed by atoms with Crippen LogP contribution in [-0.2, 0) is 4.74 Å². The van der Waals surface area contributed by atoms with Gasteiger partial charge in [0.05, 0.1) is 11.2 Å². The van der Waals surface area contributed by atoms with Crippen LogP contribution in [0.25, 0.3) is 0 Å². The summed E-state index contributed by atoms with van der Waals surface area (Å²) in [6.07, 6.45) is 3.69. The molecule has 118 valence electrons. The predicted molar refractivity (Wildman–Crippen MR) is 78.2 cm³/mol. The number of aliphatic hydroxyl groups is 2. The van der Waals surface area contributed by atoms with Crippen molar-refractivity contribution in [1.29, 1.82) is 0 Å². The fourth-order valence-corrected chi connectivity index (χ4v) is 3.53. The largest absolute Gasteiger partial charge is 0.451 e. The maximum atomic E-state index is 10.2. The molecular weight excluding hydrogens is 259 g/mol. The first-order chi connectivity index (χ1) is 9.08. The molecule has 20 heavy (non-hydrogen) atoms. The Morgan fingerprint density at radius 2 is 1.80 bits per heavy atom. The average molecular weight is 288 g/mol. The van der Waals surface area contributed by atoms with Crippen LogP contribution in [0.5, 0.6) is 0 Å². The smallest absolute Gasteiger partial charge is 0.427 e. The van der Waals surface area contributed by atoms with E-state index in [1.54, 1.807) is 14.0 Å². The number of fused-ring (bicyclic) bond motifs is 2. The summed E-state index contributed by atoms with van der Waals surface area (Å²) in [4.78, 5) is 0. The lowest BCUT2D eigenvalue weighted by Gasteiger charge is -2.68. The Morgan fingerprint density at radius 1 is 1.20 bits per heavy atom. The molecule has 0 amide bonds. The summed E-state index contributed by atoms with van der Waals surface area (Å²) in [5.74, 6) is 0.614. The van der Waals surface area contributed by atoms with Crippen LogP contribution < -0.4 is 0 Å². The number of hydrogen-bond acceptors (Lipinski definition) is 5. The summed E-state index contributed by atoms with van der Waals surface area (Å²) in [5.41, 5.74) is -1.79. The summed E-state index contributed by atoms with van der Waals surface area (Å²) in [6.45, 7) is 6.49. The second-order valence-electron chi connectivity index (χ2n) is 6.91. The number of hydrogen-bond donors (Lipinski definition) is 4. The molecule has 0 saturated heterocycles. The first kappa shape index (κ1) is 17.9. The van der Waals surface area contributed by atoms with E-state index >= 15 is 0 Å². The van der Waals surface area contributed by atoms with Crippen molar-refractivity contribution in [3.8, 4) is 0 Å². The lowest BCUT2D eigenvalue weighted by atomic mass is 9.41. The summed E-state index contributed by atoms with van der Waals surface area (Å²) in [7, 11) is 0.411. The van der Waals surface area contributed by atoms with Gasteiger partial charge in [-0.25, -0.2) is 0 Å². The number of methoxy groups -OCH3 is 1. The fourth-order valence-electron chi connectivity index (χ4n) is 3.53. The van der Waals surface area contributed by atoms with Crippen LogP contribution in [0.15, 0.2) is 0 Å². The van der Waals surface area contributed by atoms with E-state index in [-0.39, 0.29) is 5.41 Å². The number of ether oxygens (including phenoxy) is 1. The molecule has 0 heterocycles. The topological polar surface area (TPSA) is 90.2 Å². The Kier molecular flexibility index (Phi) is 5.66. The fraction of sp³-hybridized carbons (Fsp3) is 1.00. The Morgan fingerprint density at radius 3 is 2.15 bits per heavy atom. The zero-order valence-corrected chi connectivity index (χ0v) is 13.1. The van der Waals surface area contributed by atoms with Crippen LogP contribution >= 0.6 is 0 Å². The zero-order chi connectivity index (χ0) is 15.6. The third kappa shape index (κ3) is 3.20. The molecule has 0 spiro atoms. The average Bonchev–Trinajstić information content (AvgIpc) is 2.33. The van der Waals surface area contributed by atoms with E-state index in [9.17, 15) is 10.2 Å². The van der Waals surface area contributed by atoms with Gasteiger partial charge in [-0.05, 0) is 50.3 Å². The second-order valence-corrected chi connectivity index (χ2v) is 6.91. The quantitative estimate of drug-likeness (QED) is 0.454. The summed E-state index contributed by atoms with van der Waals surface area (Å²) < 4.78 is 4.67. The van der Waals surface area contributed by atoms with Crippen LogP contribution in [0.3, 0.4) is 0 Å². The van der Waals surface area contributed by atoms with Crippen molar-refractivity contribution in [1.82, 2.24) is 0 Å². The molecule has 3 unspecified atom stereocenters. The van der Waals surface area contributed by atoms with Gasteiger partial charge >= 0.3 is 7.12 Å². The van der Waals surface area contributed by atoms with Gasteiger partial charge in [0.15, 0.2) is 0 Å². The van der Waals surface area contributed by atoms with Gasteiger partial charge < -0.3 is 25.0 Å². The highest BCUT2D eigenvalue weighted by Gasteiger charge is 2.69. The third-order valence-corrected chi connectivity index (χ3v) is 5.31. The van der Waals surface area contributed by atoms with Crippen LogP contribution in [-0.4, -0.2) is 52.3 Å². The molecular formula is C14H29BO5. The van der Waals surface area contributed by atoms with Crippen LogP contribution in [0.4, 0.5) is 0 Å². The van der Waals surface area contributed by atoms with Crippen LogP contribution in [0.2, 0.25) is 6.32 Å². The van der Waals surface area contributed by atoms with Gasteiger partial charge in [0, 0.05) is 13.7 Å². The van der Waals surface area contributed by atoms with Crippen molar-refractivity contribution in [3.63, 3.8) is 0 Å². The molecule has 0 radical (unpaired) electrons. The van der Waals surface area contributed by atoms with Gasteiger partial charge in [0.1, 0.15) is 0 Å². The Labute approximate surface area is 122 Å². The van der Waals surface area contributed by atoms with E-state index < -0.39 is 18.3 Å². The maximum absolute atomic E-state index is 10.2. The summed E-state index contributed by atoms with van der Waals surface area (Å²) >= 11 is 0. The van der Waals surface area contributed by atoms with Gasteiger partial charge in [0.2, 0.25) is 0 Å². The Hall–Kier alpha value is -0.135. The molecule has 3 rings (SSSR count). The van der Waals surface area contributed by atoms with E-state index in [0.717, 1.165) is 19.3 Å². The lowest BCUT2D eigenvalue weighted by Crippen LogP contribution is -2.74. The van der Waals surface area contributed by atoms with E-state index in [1.807, 2.05) is 0 Å². The van der Waals surface area contributed by atoms with Gasteiger partial charge in [-0.15, -0.1) is 0 Å². The van der Waals surface area contributed by atoms with Crippen molar-refractivity contribution in [2.24, 2.45) is 11.3 Å². The van der Waals surface area contributed by atoms with Crippen LogP contribution in [0, 0.1) is 11.3 Å². The highest BCUT2D eigenvalue weighted by atomic mass is 16.5. The number of rotatable bonds is 4. The molecule has 3 saturated carbocycles. The monoisotopic (exact) mass is 288 g/mol. The molecule has 5 nitrogen and oxygen atoms in total. The molecule has 3 aliphatic carbocycles. The molecule has 0 aliphatic heterocycles. The molecule has 3 fully saturated rings. The standard InChI is InChI=1S/C10H18O2.C4H11BO3/c1-8(2)7-4-5-9(3,11)10(8,12)6-7;1-8-4-2-3-5(6)7/h7,11-12H,4-6H2,1-3H3;6-7H,2-4H2,1H3. The normalized spacial score (nSPS) is 37.5. The highest BCUT2D eigenvalue weighted by molar-refractivity contribution is 6.40. The van der Waals surface area contributed by atoms with Crippen molar-refractivity contribution < 1.29 is 25.0 Å². The highest BCUT2D eigenvalue weighted by Crippen LogP contribution is 2.65.